The van der Waals surface area contributed by atoms with E-state index in [1.54, 1.807) is 0 Å². The molecular weight excluding hydrogens is 356 g/mol. The van der Waals surface area contributed by atoms with Crippen LogP contribution in [0, 0.1) is 0 Å². The molecule has 0 N–H and O–H groups in total. The van der Waals surface area contributed by atoms with E-state index in [-0.39, 0.29) is 5.97 Å². The van der Waals surface area contributed by atoms with E-state index in [2.05, 4.69) is 6.92 Å². The number of carbonyl (C=O) groups is 1. The summed E-state index contributed by atoms with van der Waals surface area (Å²) in [5.41, 5.74) is 0. The third-order valence-corrected chi connectivity index (χ3v) is 4.67. The topological polar surface area (TPSA) is 54.0 Å². The first kappa shape index (κ1) is 27.4. The number of rotatable bonds is 23. The van der Waals surface area contributed by atoms with Gasteiger partial charge >= 0.3 is 5.97 Å². The second-order valence-corrected chi connectivity index (χ2v) is 7.42. The zero-order valence-electron chi connectivity index (χ0n) is 18.7. The van der Waals surface area contributed by atoms with Crippen molar-refractivity contribution >= 4 is 5.97 Å². The van der Waals surface area contributed by atoms with Crippen LogP contribution >= 0.6 is 0 Å². The van der Waals surface area contributed by atoms with Crippen LogP contribution in [0.2, 0.25) is 0 Å². The van der Waals surface area contributed by atoms with Gasteiger partial charge in [-0.15, -0.1) is 0 Å². The summed E-state index contributed by atoms with van der Waals surface area (Å²) < 4.78 is 21.0. The summed E-state index contributed by atoms with van der Waals surface area (Å²) in [6.45, 7) is 7.52. The van der Waals surface area contributed by atoms with Crippen LogP contribution in [0.25, 0.3) is 0 Å². The second kappa shape index (κ2) is 24.4. The van der Waals surface area contributed by atoms with Crippen LogP contribution in [0.5, 0.6) is 0 Å². The molecule has 0 rings (SSSR count). The van der Waals surface area contributed by atoms with Crippen molar-refractivity contribution in [2.75, 3.05) is 46.2 Å². The Morgan fingerprint density at radius 1 is 0.500 bits per heavy atom. The Bertz CT molecular complexity index is 309. The van der Waals surface area contributed by atoms with Gasteiger partial charge in [-0.05, 0) is 6.42 Å². The van der Waals surface area contributed by atoms with Crippen LogP contribution in [-0.4, -0.2) is 52.2 Å². The largest absolute Gasteiger partial charge is 0.463 e. The van der Waals surface area contributed by atoms with E-state index in [4.69, 9.17) is 18.9 Å². The molecule has 0 spiro atoms. The molecule has 0 unspecified atom stereocenters. The Morgan fingerprint density at radius 3 is 1.29 bits per heavy atom. The highest BCUT2D eigenvalue weighted by molar-refractivity contribution is 5.65. The lowest BCUT2D eigenvalue weighted by molar-refractivity contribution is -0.142. The van der Waals surface area contributed by atoms with Gasteiger partial charge in [-0.3, -0.25) is 4.79 Å². The minimum absolute atomic E-state index is 0.277. The van der Waals surface area contributed by atoms with E-state index in [0.717, 1.165) is 13.0 Å². The van der Waals surface area contributed by atoms with E-state index >= 15 is 0 Å². The number of unbranched alkanes of at least 4 members (excludes halogenated alkanes) is 12. The molecule has 0 aliphatic heterocycles. The molecule has 28 heavy (non-hydrogen) atoms. The summed E-state index contributed by atoms with van der Waals surface area (Å²) in [5, 5.41) is 0. The van der Waals surface area contributed by atoms with Crippen molar-refractivity contribution in [3.63, 3.8) is 0 Å². The Kier molecular flexibility index (Phi) is 23.8. The highest BCUT2D eigenvalue weighted by Crippen LogP contribution is 2.12. The van der Waals surface area contributed by atoms with Crippen molar-refractivity contribution in [1.29, 1.82) is 0 Å². The fourth-order valence-corrected chi connectivity index (χ4v) is 3.01. The average Bonchev–Trinajstić information content (AvgIpc) is 2.68. The number of carbonyl (C=O) groups excluding carboxylic acids is 1. The summed E-state index contributed by atoms with van der Waals surface area (Å²) in [6, 6.07) is 0. The van der Waals surface area contributed by atoms with Crippen molar-refractivity contribution in [1.82, 2.24) is 0 Å². The van der Waals surface area contributed by atoms with Gasteiger partial charge in [0.1, 0.15) is 6.61 Å². The van der Waals surface area contributed by atoms with Crippen LogP contribution in [-0.2, 0) is 23.7 Å². The molecule has 0 aromatic rings. The predicted molar refractivity (Wildman–Crippen MR) is 115 cm³/mol. The number of ether oxygens (including phenoxy) is 4. The van der Waals surface area contributed by atoms with Gasteiger partial charge in [0.15, 0.2) is 0 Å². The van der Waals surface area contributed by atoms with Crippen LogP contribution in [0.3, 0.4) is 0 Å². The first-order valence-electron chi connectivity index (χ1n) is 11.6. The predicted octanol–water partition coefficient (Wildman–Crippen LogP) is 5.69. The van der Waals surface area contributed by atoms with Gasteiger partial charge < -0.3 is 18.9 Å². The molecule has 0 saturated carbocycles. The fraction of sp³-hybridized carbons (Fsp3) is 0.957. The standard InChI is InChI=1S/C23H46O5/c1-3-4-5-6-7-8-9-10-11-12-13-14-15-16-25-17-18-26-19-20-27-21-22-28-23(2)24/h3-22H2,1-2H3. The summed E-state index contributed by atoms with van der Waals surface area (Å²) in [7, 11) is 0. The third kappa shape index (κ3) is 25.4. The average molecular weight is 403 g/mol. The van der Waals surface area contributed by atoms with Crippen molar-refractivity contribution in [3.05, 3.63) is 0 Å². The van der Waals surface area contributed by atoms with E-state index in [1.807, 2.05) is 0 Å². The van der Waals surface area contributed by atoms with Gasteiger partial charge in [0, 0.05) is 13.5 Å². The number of hydrogen-bond acceptors (Lipinski definition) is 5. The molecule has 0 aliphatic rings. The van der Waals surface area contributed by atoms with Crippen LogP contribution in [0.15, 0.2) is 0 Å². The molecule has 0 heterocycles. The van der Waals surface area contributed by atoms with E-state index in [9.17, 15) is 4.79 Å². The van der Waals surface area contributed by atoms with Crippen molar-refractivity contribution in [2.45, 2.75) is 97.3 Å². The monoisotopic (exact) mass is 402 g/mol. The maximum Gasteiger partial charge on any atom is 0.302 e. The lowest BCUT2D eigenvalue weighted by Crippen LogP contribution is -2.13. The first-order chi connectivity index (χ1) is 13.8. The van der Waals surface area contributed by atoms with Crippen LogP contribution < -0.4 is 0 Å². The molecule has 0 bridgehead atoms. The fourth-order valence-electron chi connectivity index (χ4n) is 3.01. The highest BCUT2D eigenvalue weighted by atomic mass is 16.6. The minimum atomic E-state index is -0.277. The van der Waals surface area contributed by atoms with Crippen molar-refractivity contribution < 1.29 is 23.7 Å². The molecule has 0 aromatic carbocycles. The second-order valence-electron chi connectivity index (χ2n) is 7.42. The van der Waals surface area contributed by atoms with Crippen molar-refractivity contribution in [3.8, 4) is 0 Å². The summed E-state index contributed by atoms with van der Waals surface area (Å²) >= 11 is 0. The minimum Gasteiger partial charge on any atom is -0.463 e. The maximum atomic E-state index is 10.5. The molecule has 0 saturated heterocycles. The zero-order valence-corrected chi connectivity index (χ0v) is 18.7. The van der Waals surface area contributed by atoms with Gasteiger partial charge in [-0.2, -0.15) is 0 Å². The molecule has 5 nitrogen and oxygen atoms in total. The quantitative estimate of drug-likeness (QED) is 0.162. The smallest absolute Gasteiger partial charge is 0.302 e. The summed E-state index contributed by atoms with van der Waals surface area (Å²) in [5.74, 6) is -0.277. The number of hydrogen-bond donors (Lipinski definition) is 0. The van der Waals surface area contributed by atoms with Crippen LogP contribution in [0.1, 0.15) is 97.3 Å². The molecule has 0 amide bonds. The lowest BCUT2D eigenvalue weighted by atomic mass is 10.0. The molecule has 0 atom stereocenters. The zero-order chi connectivity index (χ0) is 20.5. The van der Waals surface area contributed by atoms with Gasteiger partial charge in [0.05, 0.1) is 33.0 Å². The van der Waals surface area contributed by atoms with E-state index in [1.165, 1.54) is 84.0 Å². The molecule has 168 valence electrons. The van der Waals surface area contributed by atoms with Gasteiger partial charge in [-0.25, -0.2) is 0 Å². The molecular formula is C23H46O5. The first-order valence-corrected chi connectivity index (χ1v) is 11.6. The third-order valence-electron chi connectivity index (χ3n) is 4.67. The molecule has 5 heteroatoms. The van der Waals surface area contributed by atoms with Gasteiger partial charge in [0.25, 0.3) is 0 Å². The van der Waals surface area contributed by atoms with E-state index in [0.29, 0.717) is 39.6 Å². The molecule has 0 fully saturated rings. The molecule has 0 aliphatic carbocycles. The van der Waals surface area contributed by atoms with Gasteiger partial charge in [-0.1, -0.05) is 84.0 Å². The Labute approximate surface area is 173 Å². The highest BCUT2D eigenvalue weighted by Gasteiger charge is 1.96. The normalized spacial score (nSPS) is 11.1. The summed E-state index contributed by atoms with van der Waals surface area (Å²) in [4.78, 5) is 10.5. The molecule has 0 radical (unpaired) electrons. The van der Waals surface area contributed by atoms with Gasteiger partial charge in [0.2, 0.25) is 0 Å². The maximum absolute atomic E-state index is 10.5. The lowest BCUT2D eigenvalue weighted by Gasteiger charge is -2.07. The number of esters is 1. The van der Waals surface area contributed by atoms with Crippen molar-refractivity contribution in [2.24, 2.45) is 0 Å². The Balaban J connectivity index is 2.99. The SMILES string of the molecule is CCCCCCCCCCCCCCCOCCOCCOCCOC(C)=O. The van der Waals surface area contributed by atoms with E-state index < -0.39 is 0 Å². The Morgan fingerprint density at radius 2 is 0.857 bits per heavy atom. The Hall–Kier alpha value is -0.650. The van der Waals surface area contributed by atoms with Crippen LogP contribution in [0.4, 0.5) is 0 Å². The summed E-state index contributed by atoms with van der Waals surface area (Å²) in [6.07, 6.45) is 17.8. The molecule has 0 aromatic heterocycles.